The van der Waals surface area contributed by atoms with Crippen LogP contribution in [0.25, 0.3) is 0 Å². The summed E-state index contributed by atoms with van der Waals surface area (Å²) < 4.78 is 0. The monoisotopic (exact) mass is 358 g/mol. The van der Waals surface area contributed by atoms with E-state index in [0.717, 1.165) is 5.56 Å². The molecule has 0 aliphatic rings. The number of halogens is 2. The Balaban J connectivity index is 2.40. The molecule has 0 aliphatic carbocycles. The van der Waals surface area contributed by atoms with Gasteiger partial charge in [-0.2, -0.15) is 0 Å². The lowest BCUT2D eigenvalue weighted by atomic mass is 9.96. The Labute approximate surface area is 148 Å². The van der Waals surface area contributed by atoms with Crippen molar-refractivity contribution in [3.05, 3.63) is 33.8 Å². The molecule has 128 valence electrons. The molecule has 0 saturated heterocycles. The van der Waals surface area contributed by atoms with Gasteiger partial charge in [-0.15, -0.1) is 0 Å². The van der Waals surface area contributed by atoms with Crippen molar-refractivity contribution >= 4 is 35.0 Å². The minimum absolute atomic E-state index is 0.00560. The van der Waals surface area contributed by atoms with Crippen molar-refractivity contribution in [3.63, 3.8) is 0 Å². The number of benzene rings is 1. The first kappa shape index (κ1) is 19.8. The van der Waals surface area contributed by atoms with Crippen molar-refractivity contribution < 1.29 is 9.59 Å². The van der Waals surface area contributed by atoms with Gasteiger partial charge in [-0.3, -0.25) is 9.59 Å². The standard InChI is InChI=1S/C17H24Cl2N2O2/c1-17(2,3)16(23)20-10-6-9-14(22)21(4)11-12-7-5-8-13(18)15(12)19/h5,7-8H,6,9-11H2,1-4H3,(H,20,23). The van der Waals surface area contributed by atoms with Gasteiger partial charge in [-0.1, -0.05) is 56.1 Å². The first-order valence-corrected chi connectivity index (χ1v) is 8.33. The summed E-state index contributed by atoms with van der Waals surface area (Å²) in [6.07, 6.45) is 0.980. The maximum atomic E-state index is 12.1. The predicted molar refractivity (Wildman–Crippen MR) is 94.6 cm³/mol. The van der Waals surface area contributed by atoms with Crippen LogP contribution >= 0.6 is 23.2 Å². The highest BCUT2D eigenvalue weighted by Gasteiger charge is 2.20. The lowest BCUT2D eigenvalue weighted by Gasteiger charge is -2.19. The van der Waals surface area contributed by atoms with E-state index in [2.05, 4.69) is 5.32 Å². The van der Waals surface area contributed by atoms with Gasteiger partial charge in [-0.25, -0.2) is 0 Å². The van der Waals surface area contributed by atoms with Crippen molar-refractivity contribution in [2.75, 3.05) is 13.6 Å². The zero-order chi connectivity index (χ0) is 17.6. The predicted octanol–water partition coefficient (Wildman–Crippen LogP) is 3.89. The molecule has 0 heterocycles. The molecule has 0 fully saturated rings. The van der Waals surface area contributed by atoms with E-state index in [1.54, 1.807) is 18.0 Å². The zero-order valence-corrected chi connectivity index (χ0v) is 15.6. The Bertz CT molecular complexity index is 568. The SMILES string of the molecule is CN(Cc1cccc(Cl)c1Cl)C(=O)CCCNC(=O)C(C)(C)C. The van der Waals surface area contributed by atoms with Crippen LogP contribution in [0.5, 0.6) is 0 Å². The molecule has 2 amide bonds. The second kappa shape index (κ2) is 8.55. The Hall–Kier alpha value is -1.26. The molecule has 6 heteroatoms. The molecule has 0 aromatic heterocycles. The topological polar surface area (TPSA) is 49.4 Å². The summed E-state index contributed by atoms with van der Waals surface area (Å²) in [5, 5.41) is 3.79. The zero-order valence-electron chi connectivity index (χ0n) is 14.1. The maximum Gasteiger partial charge on any atom is 0.225 e. The van der Waals surface area contributed by atoms with Crippen LogP contribution in [0.15, 0.2) is 18.2 Å². The molecule has 4 nitrogen and oxygen atoms in total. The highest BCUT2D eigenvalue weighted by Crippen LogP contribution is 2.26. The number of carbonyl (C=O) groups excluding carboxylic acids is 2. The third-order valence-electron chi connectivity index (χ3n) is 3.40. The molecule has 1 rings (SSSR count). The van der Waals surface area contributed by atoms with Gasteiger partial charge in [0.1, 0.15) is 0 Å². The van der Waals surface area contributed by atoms with Gasteiger partial charge in [0.2, 0.25) is 11.8 Å². The van der Waals surface area contributed by atoms with Crippen LogP contribution in [-0.2, 0) is 16.1 Å². The molecule has 1 aromatic carbocycles. The summed E-state index contributed by atoms with van der Waals surface area (Å²) in [6.45, 7) is 6.47. The Morgan fingerprint density at radius 2 is 1.87 bits per heavy atom. The largest absolute Gasteiger partial charge is 0.356 e. The summed E-state index contributed by atoms with van der Waals surface area (Å²) in [6, 6.07) is 5.37. The molecule has 0 bridgehead atoms. The fraction of sp³-hybridized carbons (Fsp3) is 0.529. The first-order chi connectivity index (χ1) is 10.6. The second-order valence-corrected chi connectivity index (χ2v) is 7.36. The Kier molecular flexibility index (Phi) is 7.36. The maximum absolute atomic E-state index is 12.1. The van der Waals surface area contributed by atoms with E-state index in [1.807, 2.05) is 32.9 Å². The molecular formula is C17H24Cl2N2O2. The minimum atomic E-state index is -0.413. The Morgan fingerprint density at radius 3 is 2.48 bits per heavy atom. The average Bonchev–Trinajstić information content (AvgIpc) is 2.46. The van der Waals surface area contributed by atoms with Gasteiger partial charge < -0.3 is 10.2 Å². The average molecular weight is 359 g/mol. The lowest BCUT2D eigenvalue weighted by Crippen LogP contribution is -2.36. The van der Waals surface area contributed by atoms with Crippen molar-refractivity contribution in [1.29, 1.82) is 0 Å². The van der Waals surface area contributed by atoms with Crippen LogP contribution in [-0.4, -0.2) is 30.3 Å². The smallest absolute Gasteiger partial charge is 0.225 e. The molecule has 1 N–H and O–H groups in total. The molecular weight excluding hydrogens is 335 g/mol. The molecule has 0 unspecified atom stereocenters. The fourth-order valence-corrected chi connectivity index (χ4v) is 2.29. The molecule has 23 heavy (non-hydrogen) atoms. The van der Waals surface area contributed by atoms with Gasteiger partial charge in [0.25, 0.3) is 0 Å². The van der Waals surface area contributed by atoms with E-state index in [9.17, 15) is 9.59 Å². The Morgan fingerprint density at radius 1 is 1.22 bits per heavy atom. The third kappa shape index (κ3) is 6.40. The fourth-order valence-electron chi connectivity index (χ4n) is 1.91. The van der Waals surface area contributed by atoms with Crippen LogP contribution in [0.1, 0.15) is 39.2 Å². The van der Waals surface area contributed by atoms with Crippen molar-refractivity contribution in [2.45, 2.75) is 40.2 Å². The van der Waals surface area contributed by atoms with Gasteiger partial charge >= 0.3 is 0 Å². The summed E-state index contributed by atoms with van der Waals surface area (Å²) in [7, 11) is 1.73. The summed E-state index contributed by atoms with van der Waals surface area (Å²) in [4.78, 5) is 25.5. The molecule has 1 aromatic rings. The van der Waals surface area contributed by atoms with Gasteiger partial charge in [0.05, 0.1) is 10.0 Å². The number of rotatable bonds is 6. The van der Waals surface area contributed by atoms with Crippen LogP contribution < -0.4 is 5.32 Å². The van der Waals surface area contributed by atoms with E-state index >= 15 is 0 Å². The van der Waals surface area contributed by atoms with Crippen LogP contribution in [0.4, 0.5) is 0 Å². The van der Waals surface area contributed by atoms with Gasteiger partial charge in [0, 0.05) is 32.0 Å². The molecule has 0 spiro atoms. The van der Waals surface area contributed by atoms with Crippen LogP contribution in [0, 0.1) is 5.41 Å². The lowest BCUT2D eigenvalue weighted by molar-refractivity contribution is -0.131. The minimum Gasteiger partial charge on any atom is -0.356 e. The highest BCUT2D eigenvalue weighted by atomic mass is 35.5. The number of nitrogens with zero attached hydrogens (tertiary/aromatic N) is 1. The van der Waals surface area contributed by atoms with E-state index in [0.29, 0.717) is 36.0 Å². The van der Waals surface area contributed by atoms with Crippen molar-refractivity contribution in [2.24, 2.45) is 5.41 Å². The number of hydrogen-bond donors (Lipinski definition) is 1. The number of hydrogen-bond acceptors (Lipinski definition) is 2. The summed E-state index contributed by atoms with van der Waals surface area (Å²) in [5.41, 5.74) is 0.403. The van der Waals surface area contributed by atoms with Crippen molar-refractivity contribution in [3.8, 4) is 0 Å². The van der Waals surface area contributed by atoms with E-state index in [4.69, 9.17) is 23.2 Å². The molecule has 0 atom stereocenters. The molecule has 0 radical (unpaired) electrons. The molecule has 0 saturated carbocycles. The molecule has 0 aliphatic heterocycles. The van der Waals surface area contributed by atoms with Crippen molar-refractivity contribution in [1.82, 2.24) is 10.2 Å². The van der Waals surface area contributed by atoms with Crippen LogP contribution in [0.3, 0.4) is 0 Å². The van der Waals surface area contributed by atoms with Crippen LogP contribution in [0.2, 0.25) is 10.0 Å². The van der Waals surface area contributed by atoms with E-state index < -0.39 is 5.41 Å². The quantitative estimate of drug-likeness (QED) is 0.784. The van der Waals surface area contributed by atoms with E-state index in [1.165, 1.54) is 0 Å². The van der Waals surface area contributed by atoms with Gasteiger partial charge in [-0.05, 0) is 18.1 Å². The van der Waals surface area contributed by atoms with E-state index in [-0.39, 0.29) is 11.8 Å². The number of amides is 2. The normalized spacial score (nSPS) is 11.2. The highest BCUT2D eigenvalue weighted by molar-refractivity contribution is 6.42. The number of carbonyl (C=O) groups is 2. The second-order valence-electron chi connectivity index (χ2n) is 6.57. The number of nitrogens with one attached hydrogen (secondary N) is 1. The van der Waals surface area contributed by atoms with Gasteiger partial charge in [0.15, 0.2) is 0 Å². The summed E-state index contributed by atoms with van der Waals surface area (Å²) >= 11 is 12.1. The third-order valence-corrected chi connectivity index (χ3v) is 4.26. The summed E-state index contributed by atoms with van der Waals surface area (Å²) in [5.74, 6) is -0.00457. The first-order valence-electron chi connectivity index (χ1n) is 7.58.